The fourth-order valence-electron chi connectivity index (χ4n) is 1.48. The molecule has 0 aromatic carbocycles. The van der Waals surface area contributed by atoms with E-state index in [0.29, 0.717) is 26.2 Å². The van der Waals surface area contributed by atoms with E-state index in [1.54, 1.807) is 7.11 Å². The van der Waals surface area contributed by atoms with Gasteiger partial charge in [-0.3, -0.25) is 4.90 Å². The summed E-state index contributed by atoms with van der Waals surface area (Å²) in [6.07, 6.45) is -0.489. The molecule has 1 aliphatic heterocycles. The molecule has 6 heteroatoms. The molecule has 1 fully saturated rings. The zero-order valence-corrected chi connectivity index (χ0v) is 8.94. The Morgan fingerprint density at radius 1 is 1.67 bits per heavy atom. The first-order valence-corrected chi connectivity index (χ1v) is 5.03. The lowest BCUT2D eigenvalue weighted by atomic mass is 10.3. The van der Waals surface area contributed by atoms with Crippen LogP contribution in [0.5, 0.6) is 0 Å². The summed E-state index contributed by atoms with van der Waals surface area (Å²) < 4.78 is 9.96. The molecular formula is C9H18N2O4. The molecule has 88 valence electrons. The molecule has 1 heterocycles. The van der Waals surface area contributed by atoms with Crippen LogP contribution < -0.4 is 5.32 Å². The number of carbonyl (C=O) groups excluding carboxylic acids is 1. The van der Waals surface area contributed by atoms with E-state index in [9.17, 15) is 4.79 Å². The first-order valence-electron chi connectivity index (χ1n) is 5.03. The lowest BCUT2D eigenvalue weighted by Crippen LogP contribution is -2.38. The van der Waals surface area contributed by atoms with Gasteiger partial charge in [0.25, 0.3) is 0 Å². The summed E-state index contributed by atoms with van der Waals surface area (Å²) in [7, 11) is 1.63. The number of nitrogens with zero attached hydrogens (tertiary/aromatic N) is 1. The van der Waals surface area contributed by atoms with Gasteiger partial charge in [0.1, 0.15) is 6.10 Å². The highest BCUT2D eigenvalue weighted by Crippen LogP contribution is 2.02. The van der Waals surface area contributed by atoms with Gasteiger partial charge in [-0.2, -0.15) is 0 Å². The maximum atomic E-state index is 10.8. The zero-order chi connectivity index (χ0) is 11.1. The minimum absolute atomic E-state index is 0.0950. The summed E-state index contributed by atoms with van der Waals surface area (Å²) >= 11 is 0. The molecule has 0 aromatic heterocycles. The molecule has 2 N–H and O–H groups in total. The normalized spacial score (nSPS) is 20.5. The molecule has 0 saturated carbocycles. The van der Waals surface area contributed by atoms with E-state index in [2.05, 4.69) is 5.32 Å². The minimum Gasteiger partial charge on any atom is -0.443 e. The van der Waals surface area contributed by atoms with Crippen molar-refractivity contribution in [2.45, 2.75) is 6.10 Å². The van der Waals surface area contributed by atoms with Crippen LogP contribution in [0.2, 0.25) is 0 Å². The van der Waals surface area contributed by atoms with Gasteiger partial charge in [-0.15, -0.1) is 0 Å². The maximum absolute atomic E-state index is 10.8. The molecule has 0 aliphatic carbocycles. The van der Waals surface area contributed by atoms with Gasteiger partial charge in [0, 0.05) is 26.7 Å². The number of nitrogens with one attached hydrogen (secondary N) is 1. The van der Waals surface area contributed by atoms with E-state index in [1.165, 1.54) is 0 Å². The number of hydrogen-bond acceptors (Lipinski definition) is 5. The summed E-state index contributed by atoms with van der Waals surface area (Å²) in [5, 5.41) is 11.4. The number of aliphatic hydroxyl groups is 1. The van der Waals surface area contributed by atoms with E-state index in [0.717, 1.165) is 6.54 Å². The first kappa shape index (κ1) is 12.2. The highest BCUT2D eigenvalue weighted by molar-refractivity contribution is 5.69. The average molecular weight is 218 g/mol. The van der Waals surface area contributed by atoms with Crippen LogP contribution in [0.15, 0.2) is 0 Å². The summed E-state index contributed by atoms with van der Waals surface area (Å²) in [5.41, 5.74) is 0. The predicted molar refractivity (Wildman–Crippen MR) is 53.7 cm³/mol. The average Bonchev–Trinajstić information content (AvgIpc) is 2.61. The number of amides is 1. The molecule has 1 rings (SSSR count). The maximum Gasteiger partial charge on any atom is 0.407 e. The van der Waals surface area contributed by atoms with Gasteiger partial charge in [0.2, 0.25) is 0 Å². The van der Waals surface area contributed by atoms with Crippen molar-refractivity contribution in [2.24, 2.45) is 0 Å². The summed E-state index contributed by atoms with van der Waals surface area (Å²) in [4.78, 5) is 12.8. The molecular weight excluding hydrogens is 200 g/mol. The predicted octanol–water partition coefficient (Wildman–Crippen LogP) is -0.964. The van der Waals surface area contributed by atoms with Gasteiger partial charge in [-0.1, -0.05) is 0 Å². The Kier molecular flexibility index (Phi) is 5.38. The summed E-state index contributed by atoms with van der Waals surface area (Å²) in [5.74, 6) is 0. The Hall–Kier alpha value is -0.850. The zero-order valence-electron chi connectivity index (χ0n) is 8.94. The second-order valence-corrected chi connectivity index (χ2v) is 3.43. The van der Waals surface area contributed by atoms with Gasteiger partial charge in [-0.25, -0.2) is 4.79 Å². The van der Waals surface area contributed by atoms with Crippen molar-refractivity contribution in [1.29, 1.82) is 0 Å². The van der Waals surface area contributed by atoms with Crippen molar-refractivity contribution in [3.63, 3.8) is 0 Å². The highest BCUT2D eigenvalue weighted by Gasteiger charge is 2.24. The molecule has 1 amide bonds. The molecule has 0 aromatic rings. The van der Waals surface area contributed by atoms with E-state index >= 15 is 0 Å². The molecule has 15 heavy (non-hydrogen) atoms. The fraction of sp³-hybridized carbons (Fsp3) is 0.889. The third kappa shape index (κ3) is 4.46. The van der Waals surface area contributed by atoms with E-state index in [1.807, 2.05) is 4.90 Å². The van der Waals surface area contributed by atoms with Crippen molar-refractivity contribution in [3.05, 3.63) is 0 Å². The van der Waals surface area contributed by atoms with Crippen molar-refractivity contribution < 1.29 is 19.4 Å². The van der Waals surface area contributed by atoms with Gasteiger partial charge >= 0.3 is 6.09 Å². The minimum atomic E-state index is -0.365. The Morgan fingerprint density at radius 3 is 3.00 bits per heavy atom. The monoisotopic (exact) mass is 218 g/mol. The van der Waals surface area contributed by atoms with Crippen LogP contribution in [0.4, 0.5) is 4.79 Å². The van der Waals surface area contributed by atoms with Crippen LogP contribution in [0.3, 0.4) is 0 Å². The van der Waals surface area contributed by atoms with Crippen LogP contribution >= 0.6 is 0 Å². The van der Waals surface area contributed by atoms with Crippen LogP contribution in [-0.4, -0.2) is 68.7 Å². The van der Waals surface area contributed by atoms with Crippen LogP contribution in [0.1, 0.15) is 0 Å². The topological polar surface area (TPSA) is 71.0 Å². The fourth-order valence-corrected chi connectivity index (χ4v) is 1.48. The molecule has 1 atom stereocenters. The van der Waals surface area contributed by atoms with Crippen molar-refractivity contribution in [3.8, 4) is 0 Å². The van der Waals surface area contributed by atoms with Crippen LogP contribution in [0, 0.1) is 0 Å². The standard InChI is InChI=1S/C9H18N2O4/c1-14-5-3-11(2-4-12)7-8-6-10-9(13)15-8/h8,12H,2-7H2,1H3,(H,10,13). The van der Waals surface area contributed by atoms with E-state index in [4.69, 9.17) is 14.6 Å². The number of ether oxygens (including phenoxy) is 2. The Bertz CT molecular complexity index is 201. The van der Waals surface area contributed by atoms with E-state index < -0.39 is 0 Å². The van der Waals surface area contributed by atoms with Gasteiger partial charge < -0.3 is 19.9 Å². The number of alkyl carbamates (subject to hydrolysis) is 1. The quantitative estimate of drug-likeness (QED) is 0.575. The molecule has 0 radical (unpaired) electrons. The first-order chi connectivity index (χ1) is 7.26. The summed E-state index contributed by atoms with van der Waals surface area (Å²) in [6.45, 7) is 3.16. The molecule has 6 nitrogen and oxygen atoms in total. The number of hydrogen-bond donors (Lipinski definition) is 2. The van der Waals surface area contributed by atoms with Crippen LogP contribution in [0.25, 0.3) is 0 Å². The highest BCUT2D eigenvalue weighted by atomic mass is 16.6. The number of aliphatic hydroxyl groups excluding tert-OH is 1. The lowest BCUT2D eigenvalue weighted by Gasteiger charge is -2.22. The number of methoxy groups -OCH3 is 1. The molecule has 0 bridgehead atoms. The van der Waals surface area contributed by atoms with Crippen molar-refractivity contribution in [1.82, 2.24) is 10.2 Å². The second-order valence-electron chi connectivity index (χ2n) is 3.43. The number of carbonyl (C=O) groups is 1. The van der Waals surface area contributed by atoms with Gasteiger partial charge in [0.05, 0.1) is 19.8 Å². The largest absolute Gasteiger partial charge is 0.443 e. The lowest BCUT2D eigenvalue weighted by molar-refractivity contribution is 0.0815. The Balaban J connectivity index is 2.26. The molecule has 1 saturated heterocycles. The third-order valence-corrected chi connectivity index (χ3v) is 2.24. The molecule has 0 spiro atoms. The third-order valence-electron chi connectivity index (χ3n) is 2.24. The molecule has 1 aliphatic rings. The Morgan fingerprint density at radius 2 is 2.47 bits per heavy atom. The van der Waals surface area contributed by atoms with Gasteiger partial charge in [0.15, 0.2) is 0 Å². The second kappa shape index (κ2) is 6.60. The number of cyclic esters (lactones) is 1. The smallest absolute Gasteiger partial charge is 0.407 e. The van der Waals surface area contributed by atoms with Crippen LogP contribution in [-0.2, 0) is 9.47 Å². The molecule has 1 unspecified atom stereocenters. The van der Waals surface area contributed by atoms with Crippen molar-refractivity contribution in [2.75, 3.05) is 46.5 Å². The van der Waals surface area contributed by atoms with Gasteiger partial charge in [-0.05, 0) is 0 Å². The SMILES string of the molecule is COCCN(CCO)CC1CNC(=O)O1. The Labute approximate surface area is 89.1 Å². The van der Waals surface area contributed by atoms with Crippen molar-refractivity contribution >= 4 is 6.09 Å². The van der Waals surface area contributed by atoms with E-state index in [-0.39, 0.29) is 18.8 Å². The number of rotatable bonds is 7. The summed E-state index contributed by atoms with van der Waals surface area (Å²) in [6, 6.07) is 0.